The second-order valence-corrected chi connectivity index (χ2v) is 3.52. The van der Waals surface area contributed by atoms with Crippen molar-refractivity contribution in [2.24, 2.45) is 5.92 Å². The number of hydrogen-bond donors (Lipinski definition) is 5. The van der Waals surface area contributed by atoms with Crippen LogP contribution < -0.4 is 0 Å². The van der Waals surface area contributed by atoms with Gasteiger partial charge in [0.25, 0.3) is 0 Å². The van der Waals surface area contributed by atoms with Gasteiger partial charge in [-0.15, -0.1) is 0 Å². The monoisotopic (exact) mass is 208 g/mol. The van der Waals surface area contributed by atoms with Gasteiger partial charge in [0.1, 0.15) is 18.3 Å². The van der Waals surface area contributed by atoms with Crippen LogP contribution in [0.3, 0.4) is 0 Å². The Labute approximate surface area is 81.4 Å². The van der Waals surface area contributed by atoms with Gasteiger partial charge in [-0.1, -0.05) is 0 Å². The van der Waals surface area contributed by atoms with E-state index in [1.54, 1.807) is 0 Å². The number of rotatable bonds is 1. The van der Waals surface area contributed by atoms with Gasteiger partial charge in [-0.2, -0.15) is 0 Å². The minimum Gasteiger partial charge on any atom is -0.396 e. The van der Waals surface area contributed by atoms with Crippen molar-refractivity contribution in [1.29, 1.82) is 0 Å². The van der Waals surface area contributed by atoms with E-state index in [0.717, 1.165) is 0 Å². The third-order valence-corrected chi connectivity index (χ3v) is 2.43. The summed E-state index contributed by atoms with van der Waals surface area (Å²) in [5.74, 6) is -0.646. The predicted molar refractivity (Wildman–Crippen MR) is 45.4 cm³/mol. The molecule has 0 aromatic carbocycles. The fourth-order valence-corrected chi connectivity index (χ4v) is 1.41. The summed E-state index contributed by atoms with van der Waals surface area (Å²) in [5, 5.41) is 46.3. The Hall–Kier alpha value is -0.240. The summed E-state index contributed by atoms with van der Waals surface area (Å²) in [5.41, 5.74) is 0. The zero-order valence-corrected chi connectivity index (χ0v) is 7.65. The third kappa shape index (κ3) is 2.41. The van der Waals surface area contributed by atoms with Crippen molar-refractivity contribution in [2.45, 2.75) is 24.4 Å². The van der Waals surface area contributed by atoms with Gasteiger partial charge in [0, 0.05) is 5.92 Å². The molecule has 0 aromatic heterocycles. The van der Waals surface area contributed by atoms with Gasteiger partial charge in [-0.3, -0.25) is 0 Å². The first-order valence-corrected chi connectivity index (χ1v) is 4.48. The quantitative estimate of drug-likeness (QED) is 0.315. The second kappa shape index (κ2) is 5.01. The van der Waals surface area contributed by atoms with Crippen LogP contribution in [0.2, 0.25) is 0 Å². The van der Waals surface area contributed by atoms with Gasteiger partial charge < -0.3 is 30.3 Å². The summed E-state index contributed by atoms with van der Waals surface area (Å²) in [6, 6.07) is 0. The van der Waals surface area contributed by atoms with Crippen LogP contribution >= 0.6 is 0 Å². The number of aliphatic hydroxyl groups is 5. The molecule has 84 valence electrons. The molecule has 1 fully saturated rings. The summed E-state index contributed by atoms with van der Waals surface area (Å²) in [4.78, 5) is 0. The molecule has 5 N–H and O–H groups in total. The maximum absolute atomic E-state index is 9.47. The lowest BCUT2D eigenvalue weighted by Crippen LogP contribution is -2.52. The normalized spacial score (nSPS) is 45.6. The average Bonchev–Trinajstić information content (AvgIpc) is 2.20. The molecule has 0 amide bonds. The summed E-state index contributed by atoms with van der Waals surface area (Å²) >= 11 is 0. The highest BCUT2D eigenvalue weighted by atomic mass is 16.5. The van der Waals surface area contributed by atoms with Crippen LogP contribution in [-0.2, 0) is 4.74 Å². The topological polar surface area (TPSA) is 110 Å². The smallest absolute Gasteiger partial charge is 0.111 e. The van der Waals surface area contributed by atoms with Crippen LogP contribution in [0.15, 0.2) is 0 Å². The molecule has 0 spiro atoms. The van der Waals surface area contributed by atoms with E-state index in [1.807, 2.05) is 0 Å². The molecule has 14 heavy (non-hydrogen) atoms. The van der Waals surface area contributed by atoms with E-state index in [0.29, 0.717) is 0 Å². The van der Waals surface area contributed by atoms with Crippen molar-refractivity contribution in [3.63, 3.8) is 0 Å². The Balaban J connectivity index is 2.67. The van der Waals surface area contributed by atoms with Crippen molar-refractivity contribution in [2.75, 3.05) is 19.8 Å². The molecule has 0 unspecified atom stereocenters. The van der Waals surface area contributed by atoms with Crippen LogP contribution in [0.1, 0.15) is 0 Å². The highest BCUT2D eigenvalue weighted by Crippen LogP contribution is 2.16. The standard InChI is InChI=1S/C8H16O6/c9-1-4-2-14-3-5(10)7(12)8(13)6(4)11/h4-13H,1-3H2/t4-,5+,6+,7-,8-/m1/s1. The van der Waals surface area contributed by atoms with Crippen LogP contribution in [0, 0.1) is 5.92 Å². The lowest BCUT2D eigenvalue weighted by molar-refractivity contribution is -0.164. The van der Waals surface area contributed by atoms with Gasteiger partial charge in [0.05, 0.1) is 25.9 Å². The zero-order chi connectivity index (χ0) is 10.7. The van der Waals surface area contributed by atoms with E-state index >= 15 is 0 Å². The highest BCUT2D eigenvalue weighted by Gasteiger charge is 2.36. The molecular formula is C8H16O6. The molecule has 0 aliphatic carbocycles. The van der Waals surface area contributed by atoms with Gasteiger partial charge in [-0.05, 0) is 0 Å². The van der Waals surface area contributed by atoms with Crippen LogP contribution in [0.5, 0.6) is 0 Å². The highest BCUT2D eigenvalue weighted by molar-refractivity contribution is 4.86. The Morgan fingerprint density at radius 2 is 1.57 bits per heavy atom. The molecule has 1 rings (SSSR count). The van der Waals surface area contributed by atoms with Crippen LogP contribution in [0.4, 0.5) is 0 Å². The van der Waals surface area contributed by atoms with E-state index in [-0.39, 0.29) is 19.8 Å². The summed E-state index contributed by atoms with van der Waals surface area (Å²) in [6.45, 7) is -0.430. The molecular weight excluding hydrogens is 192 g/mol. The Bertz CT molecular complexity index is 169. The van der Waals surface area contributed by atoms with Gasteiger partial charge in [-0.25, -0.2) is 0 Å². The lowest BCUT2D eigenvalue weighted by Gasteiger charge is -2.33. The number of hydrogen-bond acceptors (Lipinski definition) is 6. The van der Waals surface area contributed by atoms with Crippen LogP contribution in [0.25, 0.3) is 0 Å². The Kier molecular flexibility index (Phi) is 4.24. The number of ether oxygens (including phenoxy) is 1. The first-order valence-electron chi connectivity index (χ1n) is 4.48. The first-order chi connectivity index (χ1) is 6.57. The van der Waals surface area contributed by atoms with Gasteiger partial charge in [0.15, 0.2) is 0 Å². The average molecular weight is 208 g/mol. The van der Waals surface area contributed by atoms with E-state index in [2.05, 4.69) is 0 Å². The zero-order valence-electron chi connectivity index (χ0n) is 7.65. The van der Waals surface area contributed by atoms with Crippen molar-refractivity contribution in [3.05, 3.63) is 0 Å². The first kappa shape index (κ1) is 11.8. The van der Waals surface area contributed by atoms with Gasteiger partial charge >= 0.3 is 0 Å². The van der Waals surface area contributed by atoms with Crippen molar-refractivity contribution in [3.8, 4) is 0 Å². The second-order valence-electron chi connectivity index (χ2n) is 3.52. The fourth-order valence-electron chi connectivity index (χ4n) is 1.41. The van der Waals surface area contributed by atoms with Crippen molar-refractivity contribution >= 4 is 0 Å². The molecule has 1 heterocycles. The SMILES string of the molecule is OC[C@@H]1COC[C@H](O)[C@@H](O)[C@H](O)[C@H]1O. The minimum atomic E-state index is -1.47. The predicted octanol–water partition coefficient (Wildman–Crippen LogP) is -2.93. The van der Waals surface area contributed by atoms with E-state index in [1.165, 1.54) is 0 Å². The molecule has 6 heteroatoms. The Morgan fingerprint density at radius 3 is 2.14 bits per heavy atom. The Morgan fingerprint density at radius 1 is 0.929 bits per heavy atom. The largest absolute Gasteiger partial charge is 0.396 e. The molecule has 0 radical (unpaired) electrons. The van der Waals surface area contributed by atoms with E-state index in [4.69, 9.17) is 9.84 Å². The number of aliphatic hydroxyl groups excluding tert-OH is 5. The van der Waals surface area contributed by atoms with Gasteiger partial charge in [0.2, 0.25) is 0 Å². The molecule has 1 aliphatic heterocycles. The summed E-state index contributed by atoms with van der Waals surface area (Å²) < 4.78 is 4.94. The molecule has 0 bridgehead atoms. The van der Waals surface area contributed by atoms with Crippen molar-refractivity contribution < 1.29 is 30.3 Å². The van der Waals surface area contributed by atoms with E-state index in [9.17, 15) is 20.4 Å². The molecule has 6 nitrogen and oxygen atoms in total. The third-order valence-electron chi connectivity index (χ3n) is 2.43. The van der Waals surface area contributed by atoms with Crippen molar-refractivity contribution in [1.82, 2.24) is 0 Å². The molecule has 0 aromatic rings. The molecule has 0 saturated carbocycles. The maximum Gasteiger partial charge on any atom is 0.111 e. The minimum absolute atomic E-state index is 0.0402. The molecule has 1 saturated heterocycles. The molecule has 1 aliphatic rings. The lowest BCUT2D eigenvalue weighted by atomic mass is 9.93. The fraction of sp³-hybridized carbons (Fsp3) is 1.00. The molecule has 5 atom stereocenters. The summed E-state index contributed by atoms with van der Waals surface area (Å²) in [7, 11) is 0. The van der Waals surface area contributed by atoms with Crippen LogP contribution in [-0.4, -0.2) is 69.8 Å². The maximum atomic E-state index is 9.47. The van der Waals surface area contributed by atoms with E-state index < -0.39 is 30.3 Å². The summed E-state index contributed by atoms with van der Waals surface area (Å²) in [6.07, 6.45) is -5.45.